The predicted molar refractivity (Wildman–Crippen MR) is 86.3 cm³/mol. The van der Waals surface area contributed by atoms with Crippen LogP contribution >= 0.6 is 11.8 Å². The van der Waals surface area contributed by atoms with Crippen molar-refractivity contribution in [3.05, 3.63) is 59.7 Å². The van der Waals surface area contributed by atoms with Crippen LogP contribution in [0.3, 0.4) is 0 Å². The quantitative estimate of drug-likeness (QED) is 0.868. The monoisotopic (exact) mass is 296 g/mol. The normalized spacial score (nSPS) is 11.5. The second-order valence-electron chi connectivity index (χ2n) is 4.75. The summed E-state index contributed by atoms with van der Waals surface area (Å²) < 4.78 is 0. The molecule has 0 aliphatic carbocycles. The van der Waals surface area contributed by atoms with Crippen molar-refractivity contribution in [3.8, 4) is 6.07 Å². The van der Waals surface area contributed by atoms with E-state index in [1.165, 1.54) is 17.3 Å². The molecule has 0 aromatic heterocycles. The van der Waals surface area contributed by atoms with Crippen molar-refractivity contribution in [2.45, 2.75) is 24.0 Å². The third kappa shape index (κ3) is 4.37. The Labute approximate surface area is 129 Å². The van der Waals surface area contributed by atoms with Crippen molar-refractivity contribution in [1.82, 2.24) is 0 Å². The van der Waals surface area contributed by atoms with Crippen LogP contribution in [0, 0.1) is 18.3 Å². The van der Waals surface area contributed by atoms with Crippen LogP contribution in [-0.4, -0.2) is 11.2 Å². The molecular formula is C17H16N2OS. The molecule has 0 saturated carbocycles. The van der Waals surface area contributed by atoms with Crippen LogP contribution in [-0.2, 0) is 4.79 Å². The third-order valence-corrected chi connectivity index (χ3v) is 4.05. The highest BCUT2D eigenvalue weighted by molar-refractivity contribution is 8.00. The summed E-state index contributed by atoms with van der Waals surface area (Å²) in [5.41, 5.74) is 2.46. The van der Waals surface area contributed by atoms with Crippen molar-refractivity contribution >= 4 is 23.4 Å². The first kappa shape index (κ1) is 15.1. The molecule has 21 heavy (non-hydrogen) atoms. The Kier molecular flexibility index (Phi) is 5.02. The number of anilines is 1. The standard InChI is InChI=1S/C17H16N2OS/c1-12-4-3-5-16(10-12)21-13(2)17(20)19-15-8-6-14(11-18)7-9-15/h3-10,13H,1-2H3,(H,19,20). The molecule has 1 unspecified atom stereocenters. The average molecular weight is 296 g/mol. The number of amides is 1. The van der Waals surface area contributed by atoms with E-state index in [1.807, 2.05) is 32.0 Å². The third-order valence-electron chi connectivity index (χ3n) is 2.95. The molecule has 0 aliphatic rings. The Balaban J connectivity index is 1.97. The molecular weight excluding hydrogens is 280 g/mol. The van der Waals surface area contributed by atoms with Crippen LogP contribution in [0.15, 0.2) is 53.4 Å². The maximum atomic E-state index is 12.2. The molecule has 1 N–H and O–H groups in total. The van der Waals surface area contributed by atoms with Crippen LogP contribution in [0.1, 0.15) is 18.1 Å². The Morgan fingerprint density at radius 2 is 1.95 bits per heavy atom. The first-order valence-corrected chi connectivity index (χ1v) is 7.51. The number of carbonyl (C=O) groups is 1. The van der Waals surface area contributed by atoms with Gasteiger partial charge in [0.1, 0.15) is 0 Å². The van der Waals surface area contributed by atoms with Gasteiger partial charge in [0.25, 0.3) is 0 Å². The van der Waals surface area contributed by atoms with Crippen LogP contribution in [0.5, 0.6) is 0 Å². The lowest BCUT2D eigenvalue weighted by Gasteiger charge is -2.12. The maximum Gasteiger partial charge on any atom is 0.237 e. The number of nitriles is 1. The van der Waals surface area contributed by atoms with Crippen molar-refractivity contribution in [2.24, 2.45) is 0 Å². The van der Waals surface area contributed by atoms with Gasteiger partial charge in [-0.1, -0.05) is 17.7 Å². The number of thioether (sulfide) groups is 1. The van der Waals surface area contributed by atoms with Gasteiger partial charge >= 0.3 is 0 Å². The fraction of sp³-hybridized carbons (Fsp3) is 0.176. The highest BCUT2D eigenvalue weighted by atomic mass is 32.2. The molecule has 2 aromatic carbocycles. The molecule has 1 amide bonds. The molecule has 0 spiro atoms. The number of hydrogen-bond acceptors (Lipinski definition) is 3. The highest BCUT2D eigenvalue weighted by Gasteiger charge is 2.14. The Hall–Kier alpha value is -2.25. The van der Waals surface area contributed by atoms with Gasteiger partial charge in [-0.2, -0.15) is 5.26 Å². The summed E-state index contributed by atoms with van der Waals surface area (Å²) in [6, 6.07) is 17.0. The van der Waals surface area contributed by atoms with Gasteiger partial charge < -0.3 is 5.32 Å². The number of carbonyl (C=O) groups excluding carboxylic acids is 1. The van der Waals surface area contributed by atoms with Crippen LogP contribution in [0.4, 0.5) is 5.69 Å². The topological polar surface area (TPSA) is 52.9 Å². The minimum Gasteiger partial charge on any atom is -0.325 e. The largest absolute Gasteiger partial charge is 0.325 e. The van der Waals surface area contributed by atoms with E-state index < -0.39 is 0 Å². The maximum absolute atomic E-state index is 12.2. The van der Waals surface area contributed by atoms with Gasteiger partial charge in [-0.15, -0.1) is 11.8 Å². The molecule has 2 aromatic rings. The van der Waals surface area contributed by atoms with Crippen LogP contribution in [0.2, 0.25) is 0 Å². The summed E-state index contributed by atoms with van der Waals surface area (Å²) in [6.45, 7) is 3.91. The van der Waals surface area contributed by atoms with E-state index in [1.54, 1.807) is 24.3 Å². The average Bonchev–Trinajstić information content (AvgIpc) is 2.48. The lowest BCUT2D eigenvalue weighted by Crippen LogP contribution is -2.22. The lowest BCUT2D eigenvalue weighted by molar-refractivity contribution is -0.115. The summed E-state index contributed by atoms with van der Waals surface area (Å²) in [4.78, 5) is 13.2. The molecule has 4 heteroatoms. The first-order valence-electron chi connectivity index (χ1n) is 6.63. The first-order chi connectivity index (χ1) is 10.1. The zero-order valence-corrected chi connectivity index (χ0v) is 12.8. The molecule has 0 aliphatic heterocycles. The van der Waals surface area contributed by atoms with E-state index in [9.17, 15) is 4.79 Å². The van der Waals surface area contributed by atoms with Gasteiger partial charge in [-0.25, -0.2) is 0 Å². The molecule has 106 valence electrons. The zero-order valence-electron chi connectivity index (χ0n) is 12.0. The summed E-state index contributed by atoms with van der Waals surface area (Å²) in [7, 11) is 0. The van der Waals surface area contributed by atoms with E-state index in [2.05, 4.69) is 17.5 Å². The van der Waals surface area contributed by atoms with Gasteiger partial charge in [-0.3, -0.25) is 4.79 Å². The number of rotatable bonds is 4. The summed E-state index contributed by atoms with van der Waals surface area (Å²) in [5.74, 6) is -0.0498. The zero-order chi connectivity index (χ0) is 15.2. The Bertz CT molecular complexity index is 674. The van der Waals surface area contributed by atoms with Crippen LogP contribution < -0.4 is 5.32 Å². The molecule has 3 nitrogen and oxygen atoms in total. The van der Waals surface area contributed by atoms with E-state index in [0.717, 1.165) is 4.90 Å². The minimum atomic E-state index is -0.192. The van der Waals surface area contributed by atoms with E-state index >= 15 is 0 Å². The lowest BCUT2D eigenvalue weighted by atomic mass is 10.2. The van der Waals surface area contributed by atoms with Gasteiger partial charge in [0.15, 0.2) is 0 Å². The molecule has 0 heterocycles. The fourth-order valence-corrected chi connectivity index (χ4v) is 2.80. The Morgan fingerprint density at radius 1 is 1.24 bits per heavy atom. The summed E-state index contributed by atoms with van der Waals surface area (Å²) in [5, 5.41) is 11.4. The minimum absolute atomic E-state index is 0.0498. The van der Waals surface area contributed by atoms with Gasteiger partial charge in [0.05, 0.1) is 16.9 Å². The predicted octanol–water partition coefficient (Wildman–Crippen LogP) is 3.99. The number of nitrogens with zero attached hydrogens (tertiary/aromatic N) is 1. The SMILES string of the molecule is Cc1cccc(SC(C)C(=O)Nc2ccc(C#N)cc2)c1. The smallest absolute Gasteiger partial charge is 0.237 e. The molecule has 0 saturated heterocycles. The molecule has 0 radical (unpaired) electrons. The summed E-state index contributed by atoms with van der Waals surface area (Å²) >= 11 is 1.53. The molecule has 0 fully saturated rings. The number of nitrogens with one attached hydrogen (secondary N) is 1. The second kappa shape index (κ2) is 6.96. The van der Waals surface area contributed by atoms with Gasteiger partial charge in [-0.05, 0) is 50.2 Å². The van der Waals surface area contributed by atoms with E-state index in [4.69, 9.17) is 5.26 Å². The Morgan fingerprint density at radius 3 is 2.57 bits per heavy atom. The van der Waals surface area contributed by atoms with Crippen molar-refractivity contribution in [1.29, 1.82) is 5.26 Å². The van der Waals surface area contributed by atoms with Crippen molar-refractivity contribution in [3.63, 3.8) is 0 Å². The number of benzene rings is 2. The van der Waals surface area contributed by atoms with Gasteiger partial charge in [0.2, 0.25) is 5.91 Å². The summed E-state index contributed by atoms with van der Waals surface area (Å²) in [6.07, 6.45) is 0. The fourth-order valence-electron chi connectivity index (χ4n) is 1.82. The van der Waals surface area contributed by atoms with E-state index in [0.29, 0.717) is 11.3 Å². The van der Waals surface area contributed by atoms with Crippen molar-refractivity contribution < 1.29 is 4.79 Å². The van der Waals surface area contributed by atoms with Crippen LogP contribution in [0.25, 0.3) is 0 Å². The highest BCUT2D eigenvalue weighted by Crippen LogP contribution is 2.24. The van der Waals surface area contributed by atoms with E-state index in [-0.39, 0.29) is 11.2 Å². The molecule has 2 rings (SSSR count). The second-order valence-corrected chi connectivity index (χ2v) is 6.17. The number of hydrogen-bond donors (Lipinski definition) is 1. The number of aryl methyl sites for hydroxylation is 1. The van der Waals surface area contributed by atoms with Crippen molar-refractivity contribution in [2.75, 3.05) is 5.32 Å². The molecule has 0 bridgehead atoms. The molecule has 1 atom stereocenters. The van der Waals surface area contributed by atoms with Gasteiger partial charge in [0, 0.05) is 10.6 Å².